The summed E-state index contributed by atoms with van der Waals surface area (Å²) in [4.78, 5) is 0. The van der Waals surface area contributed by atoms with E-state index in [1.54, 1.807) is 0 Å². The third kappa shape index (κ3) is 3.11. The summed E-state index contributed by atoms with van der Waals surface area (Å²) in [6.07, 6.45) is 1.61. The van der Waals surface area contributed by atoms with Gasteiger partial charge in [0.05, 0.1) is 11.4 Å². The molecule has 112 valence electrons. The van der Waals surface area contributed by atoms with Crippen LogP contribution in [0.5, 0.6) is 0 Å². The van der Waals surface area contributed by atoms with Crippen molar-refractivity contribution in [3.63, 3.8) is 0 Å². The molecule has 0 N–H and O–H groups in total. The third-order valence-electron chi connectivity index (χ3n) is 3.45. The van der Waals surface area contributed by atoms with Crippen molar-refractivity contribution < 1.29 is 17.2 Å². The molecular weight excluding hydrogens is 284 g/mol. The molecule has 0 bridgehead atoms. The van der Waals surface area contributed by atoms with Gasteiger partial charge in [-0.15, -0.1) is 0 Å². The lowest BCUT2D eigenvalue weighted by molar-refractivity contribution is 0.553. The van der Waals surface area contributed by atoms with Gasteiger partial charge in [0, 0.05) is 12.6 Å². The van der Waals surface area contributed by atoms with Crippen molar-refractivity contribution in [3.05, 3.63) is 29.3 Å². The Kier molecular flexibility index (Phi) is 4.32. The van der Waals surface area contributed by atoms with Crippen molar-refractivity contribution >= 4 is 15.7 Å². The second kappa shape index (κ2) is 5.68. The van der Waals surface area contributed by atoms with Crippen LogP contribution in [0.25, 0.3) is 0 Å². The van der Waals surface area contributed by atoms with Crippen LogP contribution in [0, 0.1) is 17.6 Å². The van der Waals surface area contributed by atoms with Gasteiger partial charge in [-0.3, -0.25) is 4.31 Å². The predicted molar refractivity (Wildman–Crippen MR) is 75.3 cm³/mol. The topological polar surface area (TPSA) is 37.4 Å². The number of fused-ring (bicyclic) bond motifs is 1. The van der Waals surface area contributed by atoms with Gasteiger partial charge in [-0.05, 0) is 36.8 Å². The summed E-state index contributed by atoms with van der Waals surface area (Å²) in [5, 5.41) is 0. The Labute approximate surface area is 118 Å². The average Bonchev–Trinajstić information content (AvgIpc) is 2.35. The highest BCUT2D eigenvalue weighted by atomic mass is 32.2. The van der Waals surface area contributed by atoms with E-state index in [1.165, 1.54) is 6.07 Å². The second-order valence-corrected chi connectivity index (χ2v) is 7.58. The van der Waals surface area contributed by atoms with Crippen LogP contribution in [0.1, 0.15) is 32.3 Å². The van der Waals surface area contributed by atoms with Gasteiger partial charge in [0.25, 0.3) is 0 Å². The Morgan fingerprint density at radius 3 is 2.65 bits per heavy atom. The largest absolute Gasteiger partial charge is 0.267 e. The van der Waals surface area contributed by atoms with Gasteiger partial charge in [0.1, 0.15) is 5.82 Å². The first-order valence-corrected chi connectivity index (χ1v) is 8.40. The molecule has 0 spiro atoms. The SMILES string of the molecule is CC(C)CCS(=O)(=O)N1CCCc2cc(F)cc(F)c21. The van der Waals surface area contributed by atoms with Crippen LogP contribution >= 0.6 is 0 Å². The van der Waals surface area contributed by atoms with Gasteiger partial charge in [0.2, 0.25) is 10.0 Å². The summed E-state index contributed by atoms with van der Waals surface area (Å²) < 4.78 is 53.0. The molecule has 20 heavy (non-hydrogen) atoms. The first-order valence-electron chi connectivity index (χ1n) is 6.79. The van der Waals surface area contributed by atoms with Crippen LogP contribution in [-0.4, -0.2) is 20.7 Å². The fraction of sp³-hybridized carbons (Fsp3) is 0.571. The fourth-order valence-corrected chi connectivity index (χ4v) is 4.27. The van der Waals surface area contributed by atoms with Gasteiger partial charge in [-0.25, -0.2) is 17.2 Å². The number of aryl methyl sites for hydroxylation is 1. The number of halogens is 2. The zero-order valence-electron chi connectivity index (χ0n) is 11.7. The highest BCUT2D eigenvalue weighted by Crippen LogP contribution is 2.33. The van der Waals surface area contributed by atoms with E-state index in [2.05, 4.69) is 0 Å². The first kappa shape index (κ1) is 15.2. The number of hydrogen-bond acceptors (Lipinski definition) is 2. The van der Waals surface area contributed by atoms with Gasteiger partial charge in [-0.2, -0.15) is 0 Å². The summed E-state index contributed by atoms with van der Waals surface area (Å²) >= 11 is 0. The number of hydrogen-bond donors (Lipinski definition) is 0. The molecule has 0 unspecified atom stereocenters. The quantitative estimate of drug-likeness (QED) is 0.857. The van der Waals surface area contributed by atoms with Crippen molar-refractivity contribution in [2.75, 3.05) is 16.6 Å². The Hall–Kier alpha value is -1.17. The van der Waals surface area contributed by atoms with Crippen LogP contribution in [-0.2, 0) is 16.4 Å². The van der Waals surface area contributed by atoms with Crippen molar-refractivity contribution in [3.8, 4) is 0 Å². The molecular formula is C14H19F2NO2S. The first-order chi connectivity index (χ1) is 9.31. The number of nitrogens with zero attached hydrogens (tertiary/aromatic N) is 1. The summed E-state index contributed by atoms with van der Waals surface area (Å²) in [6.45, 7) is 4.14. The minimum absolute atomic E-state index is 0.0130. The molecule has 0 atom stereocenters. The van der Waals surface area contributed by atoms with Gasteiger partial charge < -0.3 is 0 Å². The molecule has 1 aliphatic heterocycles. The van der Waals surface area contributed by atoms with Crippen LogP contribution in [0.2, 0.25) is 0 Å². The molecule has 0 fully saturated rings. The molecule has 1 aliphatic rings. The third-order valence-corrected chi connectivity index (χ3v) is 5.24. The Bertz CT molecular complexity index is 599. The maximum absolute atomic E-state index is 14.0. The van der Waals surface area contributed by atoms with E-state index in [9.17, 15) is 17.2 Å². The van der Waals surface area contributed by atoms with Crippen LogP contribution in [0.15, 0.2) is 12.1 Å². The smallest absolute Gasteiger partial charge is 0.235 e. The normalized spacial score (nSPS) is 15.6. The van der Waals surface area contributed by atoms with E-state index in [-0.39, 0.29) is 23.9 Å². The lowest BCUT2D eigenvalue weighted by Gasteiger charge is -2.31. The summed E-state index contributed by atoms with van der Waals surface area (Å²) in [5.74, 6) is -1.22. The van der Waals surface area contributed by atoms with Crippen LogP contribution < -0.4 is 4.31 Å². The molecule has 2 rings (SSSR count). The highest BCUT2D eigenvalue weighted by molar-refractivity contribution is 7.92. The van der Waals surface area contributed by atoms with Crippen molar-refractivity contribution in [1.29, 1.82) is 0 Å². The van der Waals surface area contributed by atoms with Gasteiger partial charge in [0.15, 0.2) is 5.82 Å². The minimum Gasteiger partial charge on any atom is -0.267 e. The van der Waals surface area contributed by atoms with E-state index < -0.39 is 21.7 Å². The predicted octanol–water partition coefficient (Wildman–Crippen LogP) is 3.09. The van der Waals surface area contributed by atoms with Crippen LogP contribution in [0.4, 0.5) is 14.5 Å². The molecule has 0 saturated heterocycles. The maximum atomic E-state index is 14.0. The molecule has 3 nitrogen and oxygen atoms in total. The lowest BCUT2D eigenvalue weighted by Crippen LogP contribution is -2.38. The molecule has 1 aromatic carbocycles. The van der Waals surface area contributed by atoms with Gasteiger partial charge in [-0.1, -0.05) is 13.8 Å². The summed E-state index contributed by atoms with van der Waals surface area (Å²) in [5.41, 5.74) is 0.461. The maximum Gasteiger partial charge on any atom is 0.235 e. The summed E-state index contributed by atoms with van der Waals surface area (Å²) in [7, 11) is -3.56. The zero-order chi connectivity index (χ0) is 14.9. The van der Waals surface area contributed by atoms with E-state index in [4.69, 9.17) is 0 Å². The Morgan fingerprint density at radius 2 is 2.00 bits per heavy atom. The molecule has 1 heterocycles. The van der Waals surface area contributed by atoms with E-state index in [0.717, 1.165) is 10.4 Å². The Morgan fingerprint density at radius 1 is 1.30 bits per heavy atom. The number of sulfonamides is 1. The standard InChI is InChI=1S/C14H19F2NO2S/c1-10(2)5-7-20(18,19)17-6-3-4-11-8-12(15)9-13(16)14(11)17/h8-10H,3-7H2,1-2H3. The zero-order valence-corrected chi connectivity index (χ0v) is 12.5. The van der Waals surface area contributed by atoms with Crippen LogP contribution in [0.3, 0.4) is 0 Å². The van der Waals surface area contributed by atoms with Crippen molar-refractivity contribution in [2.45, 2.75) is 33.1 Å². The molecule has 0 aliphatic carbocycles. The highest BCUT2D eigenvalue weighted by Gasteiger charge is 2.30. The van der Waals surface area contributed by atoms with Crippen molar-refractivity contribution in [1.82, 2.24) is 0 Å². The van der Waals surface area contributed by atoms with Gasteiger partial charge >= 0.3 is 0 Å². The lowest BCUT2D eigenvalue weighted by atomic mass is 10.0. The number of rotatable bonds is 4. The molecule has 0 aromatic heterocycles. The summed E-state index contributed by atoms with van der Waals surface area (Å²) in [6, 6.07) is 1.97. The molecule has 0 amide bonds. The van der Waals surface area contributed by atoms with Crippen molar-refractivity contribution in [2.24, 2.45) is 5.92 Å². The van der Waals surface area contributed by atoms with E-state index in [1.807, 2.05) is 13.8 Å². The molecule has 1 aromatic rings. The molecule has 0 saturated carbocycles. The Balaban J connectivity index is 2.37. The second-order valence-electron chi connectivity index (χ2n) is 5.57. The monoisotopic (exact) mass is 303 g/mol. The average molecular weight is 303 g/mol. The van der Waals surface area contributed by atoms with E-state index in [0.29, 0.717) is 24.8 Å². The fourth-order valence-electron chi connectivity index (χ4n) is 2.39. The number of anilines is 1. The minimum atomic E-state index is -3.56. The molecule has 6 heteroatoms. The van der Waals surface area contributed by atoms with E-state index >= 15 is 0 Å². The molecule has 0 radical (unpaired) electrons. The number of benzene rings is 1.